The number of sulfonamides is 1. The molecule has 2 N–H and O–H groups in total. The zero-order chi connectivity index (χ0) is 15.3. The lowest BCUT2D eigenvalue weighted by atomic mass is 9.91. The Morgan fingerprint density at radius 2 is 1.76 bits per heavy atom. The molecule has 1 aromatic rings. The molecule has 0 aromatic heterocycles. The molecule has 5 heteroatoms. The first-order valence-corrected chi connectivity index (χ1v) is 9.50. The lowest BCUT2D eigenvalue weighted by Gasteiger charge is -2.28. The summed E-state index contributed by atoms with van der Waals surface area (Å²) in [6.45, 7) is 2.53. The fourth-order valence-corrected chi connectivity index (χ4v) is 5.03. The van der Waals surface area contributed by atoms with Crippen LogP contribution in [-0.2, 0) is 10.0 Å². The van der Waals surface area contributed by atoms with Gasteiger partial charge in [-0.05, 0) is 49.4 Å². The monoisotopic (exact) mass is 310 g/mol. The lowest BCUT2D eigenvalue weighted by Crippen LogP contribution is -2.36. The second-order valence-electron chi connectivity index (χ2n) is 5.95. The average Bonchev–Trinajstić information content (AvgIpc) is 2.46. The maximum absolute atomic E-state index is 12.8. The van der Waals surface area contributed by atoms with Crippen LogP contribution in [0.25, 0.3) is 0 Å². The third kappa shape index (κ3) is 4.37. The summed E-state index contributed by atoms with van der Waals surface area (Å²) >= 11 is 0. The molecule has 1 aromatic carbocycles. The fourth-order valence-electron chi connectivity index (χ4n) is 3.01. The summed E-state index contributed by atoms with van der Waals surface area (Å²) in [6, 6.07) is 7.11. The van der Waals surface area contributed by atoms with Gasteiger partial charge in [-0.15, -0.1) is 0 Å². The Balaban J connectivity index is 2.16. The summed E-state index contributed by atoms with van der Waals surface area (Å²) in [7, 11) is -3.26. The summed E-state index contributed by atoms with van der Waals surface area (Å²) in [5, 5.41) is 0. The number of hydrogen-bond donors (Lipinski definition) is 1. The molecule has 0 spiro atoms. The van der Waals surface area contributed by atoms with Crippen LogP contribution in [0.2, 0.25) is 0 Å². The molecule has 118 valence electrons. The van der Waals surface area contributed by atoms with Gasteiger partial charge in [-0.2, -0.15) is 0 Å². The number of hydrogen-bond acceptors (Lipinski definition) is 3. The van der Waals surface area contributed by atoms with E-state index in [4.69, 9.17) is 5.73 Å². The Bertz CT molecular complexity index is 534. The van der Waals surface area contributed by atoms with Crippen LogP contribution in [0.4, 0.5) is 11.4 Å². The van der Waals surface area contributed by atoms with Crippen LogP contribution in [0.1, 0.15) is 45.4 Å². The Kier molecular flexibility index (Phi) is 5.51. The number of nitrogens with zero attached hydrogens (tertiary/aromatic N) is 1. The van der Waals surface area contributed by atoms with E-state index in [9.17, 15) is 8.42 Å². The summed E-state index contributed by atoms with van der Waals surface area (Å²) < 4.78 is 27.1. The van der Waals surface area contributed by atoms with E-state index < -0.39 is 10.0 Å². The number of anilines is 2. The number of rotatable bonds is 6. The smallest absolute Gasteiger partial charge is 0.235 e. The van der Waals surface area contributed by atoms with Crippen molar-refractivity contribution in [3.63, 3.8) is 0 Å². The Morgan fingerprint density at radius 3 is 2.33 bits per heavy atom. The minimum absolute atomic E-state index is 0.275. The van der Waals surface area contributed by atoms with Crippen molar-refractivity contribution in [1.82, 2.24) is 0 Å². The predicted octanol–water partition coefficient (Wildman–Crippen LogP) is 3.40. The summed E-state index contributed by atoms with van der Waals surface area (Å²) in [5.41, 5.74) is 7.07. The van der Waals surface area contributed by atoms with E-state index >= 15 is 0 Å². The van der Waals surface area contributed by atoms with Crippen molar-refractivity contribution < 1.29 is 8.42 Å². The zero-order valence-electron chi connectivity index (χ0n) is 12.8. The Labute approximate surface area is 128 Å². The van der Waals surface area contributed by atoms with Crippen molar-refractivity contribution in [2.75, 3.05) is 22.3 Å². The molecule has 1 saturated carbocycles. The molecule has 1 fully saturated rings. The van der Waals surface area contributed by atoms with Gasteiger partial charge in [0.1, 0.15) is 0 Å². The van der Waals surface area contributed by atoms with E-state index in [0.717, 1.165) is 37.8 Å². The molecule has 0 amide bonds. The molecule has 0 unspecified atom stereocenters. The Hall–Kier alpha value is -1.23. The molecule has 0 saturated heterocycles. The molecule has 1 aliphatic rings. The van der Waals surface area contributed by atoms with Gasteiger partial charge in [-0.25, -0.2) is 8.42 Å². The normalized spacial score (nSPS) is 16.8. The van der Waals surface area contributed by atoms with Gasteiger partial charge in [0.15, 0.2) is 0 Å². The number of nitrogens with two attached hydrogens (primary N) is 1. The summed E-state index contributed by atoms with van der Waals surface area (Å²) in [5.74, 6) is 0.592. The van der Waals surface area contributed by atoms with Gasteiger partial charge in [0, 0.05) is 12.2 Å². The van der Waals surface area contributed by atoms with E-state index in [1.807, 2.05) is 6.92 Å². The third-order valence-electron chi connectivity index (χ3n) is 4.11. The molecule has 21 heavy (non-hydrogen) atoms. The molecule has 0 atom stereocenters. The van der Waals surface area contributed by atoms with Gasteiger partial charge in [0.25, 0.3) is 0 Å². The number of benzene rings is 1. The molecule has 4 nitrogen and oxygen atoms in total. The molecule has 0 heterocycles. The molecular formula is C16H26N2O2S. The Morgan fingerprint density at radius 1 is 1.14 bits per heavy atom. The highest BCUT2D eigenvalue weighted by molar-refractivity contribution is 7.92. The highest BCUT2D eigenvalue weighted by Crippen LogP contribution is 2.28. The van der Waals surface area contributed by atoms with Crippen LogP contribution in [0.5, 0.6) is 0 Å². The van der Waals surface area contributed by atoms with Crippen LogP contribution >= 0.6 is 0 Å². The molecule has 2 rings (SSSR count). The van der Waals surface area contributed by atoms with E-state index in [2.05, 4.69) is 0 Å². The third-order valence-corrected chi connectivity index (χ3v) is 6.07. The summed E-state index contributed by atoms with van der Waals surface area (Å²) in [4.78, 5) is 0. The van der Waals surface area contributed by atoms with Crippen molar-refractivity contribution in [3.05, 3.63) is 24.3 Å². The van der Waals surface area contributed by atoms with E-state index in [1.165, 1.54) is 6.42 Å². The van der Waals surface area contributed by atoms with Crippen molar-refractivity contribution in [2.24, 2.45) is 5.92 Å². The molecular weight excluding hydrogens is 284 g/mol. The second kappa shape index (κ2) is 7.16. The zero-order valence-corrected chi connectivity index (χ0v) is 13.6. The van der Waals surface area contributed by atoms with Crippen LogP contribution in [0, 0.1) is 5.92 Å². The largest absolute Gasteiger partial charge is 0.399 e. The summed E-state index contributed by atoms with van der Waals surface area (Å²) in [6.07, 6.45) is 6.45. The fraction of sp³-hybridized carbons (Fsp3) is 0.625. The van der Waals surface area contributed by atoms with Crippen molar-refractivity contribution in [3.8, 4) is 0 Å². The van der Waals surface area contributed by atoms with Crippen molar-refractivity contribution in [1.29, 1.82) is 0 Å². The van der Waals surface area contributed by atoms with Crippen molar-refractivity contribution in [2.45, 2.75) is 45.4 Å². The lowest BCUT2D eigenvalue weighted by molar-refractivity contribution is 0.384. The first kappa shape index (κ1) is 16.1. The predicted molar refractivity (Wildman–Crippen MR) is 88.9 cm³/mol. The highest BCUT2D eigenvalue weighted by atomic mass is 32.2. The quantitative estimate of drug-likeness (QED) is 0.819. The number of nitrogen functional groups attached to an aromatic ring is 1. The first-order chi connectivity index (χ1) is 10.0. The van der Waals surface area contributed by atoms with Gasteiger partial charge in [0.05, 0.1) is 11.4 Å². The first-order valence-electron chi connectivity index (χ1n) is 7.89. The van der Waals surface area contributed by atoms with E-state index in [1.54, 1.807) is 28.6 Å². The van der Waals surface area contributed by atoms with Gasteiger partial charge in [-0.1, -0.05) is 26.2 Å². The maximum Gasteiger partial charge on any atom is 0.235 e. The van der Waals surface area contributed by atoms with Gasteiger partial charge < -0.3 is 5.73 Å². The molecule has 0 aliphatic heterocycles. The van der Waals surface area contributed by atoms with E-state index in [0.29, 0.717) is 18.2 Å². The minimum atomic E-state index is -3.26. The van der Waals surface area contributed by atoms with Crippen LogP contribution < -0.4 is 10.0 Å². The second-order valence-corrected chi connectivity index (χ2v) is 7.88. The van der Waals surface area contributed by atoms with Crippen LogP contribution in [0.3, 0.4) is 0 Å². The van der Waals surface area contributed by atoms with Gasteiger partial charge >= 0.3 is 0 Å². The van der Waals surface area contributed by atoms with Gasteiger partial charge in [-0.3, -0.25) is 4.31 Å². The van der Waals surface area contributed by atoms with Crippen LogP contribution in [0.15, 0.2) is 24.3 Å². The highest BCUT2D eigenvalue weighted by Gasteiger charge is 2.27. The average molecular weight is 310 g/mol. The van der Waals surface area contributed by atoms with E-state index in [-0.39, 0.29) is 5.75 Å². The molecule has 0 radical (unpaired) electrons. The van der Waals surface area contributed by atoms with Crippen LogP contribution in [-0.4, -0.2) is 20.7 Å². The minimum Gasteiger partial charge on any atom is -0.399 e. The van der Waals surface area contributed by atoms with Crippen molar-refractivity contribution >= 4 is 21.4 Å². The molecule has 0 bridgehead atoms. The SMILES string of the molecule is CCCN(c1ccc(N)cc1)S(=O)(=O)CC1CCCCC1. The maximum atomic E-state index is 12.8. The standard InChI is InChI=1S/C16H26N2O2S/c1-2-12-18(16-10-8-15(17)9-11-16)21(19,20)13-14-6-4-3-5-7-14/h8-11,14H,2-7,12-13,17H2,1H3. The van der Waals surface area contributed by atoms with Gasteiger partial charge in [0.2, 0.25) is 10.0 Å². The topological polar surface area (TPSA) is 63.4 Å². The molecule has 1 aliphatic carbocycles.